The Bertz CT molecular complexity index is 1250. The maximum absolute atomic E-state index is 14.1. The molecule has 2 aliphatic heterocycles. The molecule has 0 aliphatic carbocycles. The van der Waals surface area contributed by atoms with Crippen LogP contribution in [0.3, 0.4) is 0 Å². The number of anilines is 2. The van der Waals surface area contributed by atoms with Gasteiger partial charge in [-0.3, -0.25) is 4.68 Å². The van der Waals surface area contributed by atoms with E-state index >= 15 is 0 Å². The molecule has 33 heavy (non-hydrogen) atoms. The maximum atomic E-state index is 14.1. The smallest absolute Gasteiger partial charge is 0.317 e. The van der Waals surface area contributed by atoms with Gasteiger partial charge in [0.25, 0.3) is 6.43 Å². The molecule has 11 heteroatoms. The number of urea groups is 1. The standard InChI is InChI=1S/C22H22ClF2N7O/c1-26-22(33)31-10-16-17(11-31)28-21(23)29-20(16)32-5-3-4-12-6-14(13-8-27-30(2)9-13)15(19(24)25)7-18(12)32/h6-9,19H,3-5,10-11H2,1-2H3,(H,26,33). The van der Waals surface area contributed by atoms with Crippen LogP contribution in [0, 0.1) is 0 Å². The molecular weight excluding hydrogens is 452 g/mol. The van der Waals surface area contributed by atoms with Crippen LogP contribution in [0.1, 0.15) is 35.2 Å². The molecule has 1 aromatic carbocycles. The molecule has 5 rings (SSSR count). The van der Waals surface area contributed by atoms with Gasteiger partial charge in [0.15, 0.2) is 0 Å². The fourth-order valence-corrected chi connectivity index (χ4v) is 4.77. The van der Waals surface area contributed by atoms with Crippen molar-refractivity contribution in [3.63, 3.8) is 0 Å². The zero-order valence-corrected chi connectivity index (χ0v) is 18.9. The van der Waals surface area contributed by atoms with Gasteiger partial charge in [0.05, 0.1) is 25.0 Å². The van der Waals surface area contributed by atoms with Crippen LogP contribution in [-0.2, 0) is 26.6 Å². The molecule has 0 spiro atoms. The molecule has 4 heterocycles. The Kier molecular flexibility index (Phi) is 5.40. The molecule has 172 valence electrons. The average Bonchev–Trinajstić information content (AvgIpc) is 3.42. The summed E-state index contributed by atoms with van der Waals surface area (Å²) in [6.45, 7) is 1.23. The van der Waals surface area contributed by atoms with Crippen molar-refractivity contribution in [2.24, 2.45) is 7.05 Å². The number of fused-ring (bicyclic) bond motifs is 2. The topological polar surface area (TPSA) is 79.2 Å². The first-order chi connectivity index (χ1) is 15.9. The first kappa shape index (κ1) is 21.6. The molecular formula is C22H22ClF2N7O. The van der Waals surface area contributed by atoms with E-state index in [1.165, 1.54) is 0 Å². The number of rotatable bonds is 3. The van der Waals surface area contributed by atoms with Gasteiger partial charge >= 0.3 is 6.03 Å². The van der Waals surface area contributed by atoms with E-state index in [9.17, 15) is 13.6 Å². The quantitative estimate of drug-likeness (QED) is 0.576. The number of carbonyl (C=O) groups is 1. The van der Waals surface area contributed by atoms with Crippen molar-refractivity contribution in [1.29, 1.82) is 0 Å². The van der Waals surface area contributed by atoms with Crippen LogP contribution < -0.4 is 10.2 Å². The third-order valence-corrected chi connectivity index (χ3v) is 6.28. The summed E-state index contributed by atoms with van der Waals surface area (Å²) in [5.41, 5.74) is 4.16. The van der Waals surface area contributed by atoms with Gasteiger partial charge < -0.3 is 15.1 Å². The summed E-state index contributed by atoms with van der Waals surface area (Å²) in [6, 6.07) is 3.16. The highest BCUT2D eigenvalue weighted by molar-refractivity contribution is 6.28. The number of nitrogens with one attached hydrogen (secondary N) is 1. The van der Waals surface area contributed by atoms with Crippen molar-refractivity contribution in [2.75, 3.05) is 18.5 Å². The minimum atomic E-state index is -2.65. The zero-order chi connectivity index (χ0) is 23.3. The summed E-state index contributed by atoms with van der Waals surface area (Å²) in [6.07, 6.45) is 2.26. The molecule has 0 radical (unpaired) electrons. The van der Waals surface area contributed by atoms with E-state index in [0.717, 1.165) is 24.0 Å². The highest BCUT2D eigenvalue weighted by atomic mass is 35.5. The minimum absolute atomic E-state index is 0.0579. The minimum Gasteiger partial charge on any atom is -0.341 e. The van der Waals surface area contributed by atoms with Gasteiger partial charge in [-0.05, 0) is 47.7 Å². The van der Waals surface area contributed by atoms with E-state index in [2.05, 4.69) is 20.4 Å². The second-order valence-electron chi connectivity index (χ2n) is 8.18. The van der Waals surface area contributed by atoms with Crippen molar-refractivity contribution < 1.29 is 13.6 Å². The number of aryl methyl sites for hydroxylation is 2. The number of alkyl halides is 2. The second kappa shape index (κ2) is 8.26. The first-order valence-corrected chi connectivity index (χ1v) is 11.0. The fraction of sp³-hybridized carbons (Fsp3) is 0.364. The Balaban J connectivity index is 1.62. The van der Waals surface area contributed by atoms with E-state index in [-0.39, 0.29) is 16.9 Å². The molecule has 2 aliphatic rings. The Labute approximate surface area is 194 Å². The molecule has 0 bridgehead atoms. The highest BCUT2D eigenvalue weighted by Gasteiger charge is 2.32. The Hall–Kier alpha value is -3.27. The summed E-state index contributed by atoms with van der Waals surface area (Å²) < 4.78 is 29.9. The predicted molar refractivity (Wildman–Crippen MR) is 120 cm³/mol. The molecule has 1 N–H and O–H groups in total. The van der Waals surface area contributed by atoms with Gasteiger partial charge in [-0.15, -0.1) is 0 Å². The van der Waals surface area contributed by atoms with Crippen LogP contribution in [0.2, 0.25) is 5.28 Å². The molecule has 0 saturated carbocycles. The normalized spacial score (nSPS) is 15.1. The Morgan fingerprint density at radius 1 is 1.24 bits per heavy atom. The van der Waals surface area contributed by atoms with Crippen molar-refractivity contribution in [1.82, 2.24) is 30.0 Å². The van der Waals surface area contributed by atoms with E-state index in [0.29, 0.717) is 48.0 Å². The number of halogens is 3. The predicted octanol–water partition coefficient (Wildman–Crippen LogP) is 4.21. The number of benzene rings is 1. The van der Waals surface area contributed by atoms with E-state index in [1.54, 1.807) is 42.1 Å². The molecule has 2 amide bonds. The maximum Gasteiger partial charge on any atom is 0.317 e. The number of hydrogen-bond donors (Lipinski definition) is 1. The van der Waals surface area contributed by atoms with E-state index in [4.69, 9.17) is 11.6 Å². The lowest BCUT2D eigenvalue weighted by Gasteiger charge is -2.32. The van der Waals surface area contributed by atoms with Crippen molar-refractivity contribution in [2.45, 2.75) is 32.4 Å². The lowest BCUT2D eigenvalue weighted by atomic mass is 9.93. The van der Waals surface area contributed by atoms with Gasteiger partial charge in [-0.1, -0.05) is 0 Å². The summed E-state index contributed by atoms with van der Waals surface area (Å²) >= 11 is 6.23. The summed E-state index contributed by atoms with van der Waals surface area (Å²) in [5.74, 6) is 0.562. The summed E-state index contributed by atoms with van der Waals surface area (Å²) in [7, 11) is 3.32. The second-order valence-corrected chi connectivity index (χ2v) is 8.52. The first-order valence-electron chi connectivity index (χ1n) is 10.6. The monoisotopic (exact) mass is 473 g/mol. The van der Waals surface area contributed by atoms with Crippen LogP contribution in [0.15, 0.2) is 24.5 Å². The SMILES string of the molecule is CNC(=O)N1Cc2nc(Cl)nc(N3CCCc4cc(-c5cnn(C)c5)c(C(F)F)cc43)c2C1. The van der Waals surface area contributed by atoms with E-state index in [1.807, 2.05) is 11.0 Å². The number of carbonyl (C=O) groups excluding carboxylic acids is 1. The highest BCUT2D eigenvalue weighted by Crippen LogP contribution is 2.43. The van der Waals surface area contributed by atoms with Gasteiger partial charge in [-0.25, -0.2) is 18.6 Å². The zero-order valence-electron chi connectivity index (χ0n) is 18.1. The van der Waals surface area contributed by atoms with Crippen LogP contribution in [0.4, 0.5) is 25.1 Å². The molecule has 0 fully saturated rings. The summed E-state index contributed by atoms with van der Waals surface area (Å²) in [4.78, 5) is 24.5. The van der Waals surface area contributed by atoms with Crippen molar-refractivity contribution in [3.8, 4) is 11.1 Å². The lowest BCUT2D eigenvalue weighted by Crippen LogP contribution is -2.34. The molecule has 2 aromatic heterocycles. The Morgan fingerprint density at radius 3 is 2.76 bits per heavy atom. The number of nitrogens with zero attached hydrogens (tertiary/aromatic N) is 6. The molecule has 0 atom stereocenters. The Morgan fingerprint density at radius 2 is 2.06 bits per heavy atom. The third kappa shape index (κ3) is 3.78. The molecule has 0 unspecified atom stereocenters. The van der Waals surface area contributed by atoms with Crippen LogP contribution >= 0.6 is 11.6 Å². The third-order valence-electron chi connectivity index (χ3n) is 6.11. The van der Waals surface area contributed by atoms with Crippen LogP contribution in [0.25, 0.3) is 11.1 Å². The van der Waals surface area contributed by atoms with Crippen molar-refractivity contribution in [3.05, 3.63) is 52.2 Å². The van der Waals surface area contributed by atoms with E-state index < -0.39 is 6.43 Å². The lowest BCUT2D eigenvalue weighted by molar-refractivity contribution is 0.152. The molecule has 3 aromatic rings. The van der Waals surface area contributed by atoms with Crippen molar-refractivity contribution >= 4 is 29.1 Å². The number of hydrogen-bond acceptors (Lipinski definition) is 5. The molecule has 0 saturated heterocycles. The fourth-order valence-electron chi connectivity index (χ4n) is 4.59. The van der Waals surface area contributed by atoms with Crippen LogP contribution in [0.5, 0.6) is 0 Å². The van der Waals surface area contributed by atoms with Gasteiger partial charge in [0.1, 0.15) is 5.82 Å². The van der Waals surface area contributed by atoms with Gasteiger partial charge in [0.2, 0.25) is 5.28 Å². The largest absolute Gasteiger partial charge is 0.341 e. The van der Waals surface area contributed by atoms with Crippen LogP contribution in [-0.4, -0.2) is 44.3 Å². The molecule has 8 nitrogen and oxygen atoms in total. The number of amides is 2. The van der Waals surface area contributed by atoms with Gasteiger partial charge in [0, 0.05) is 49.2 Å². The van der Waals surface area contributed by atoms with Gasteiger partial charge in [-0.2, -0.15) is 10.1 Å². The average molecular weight is 474 g/mol. The number of aromatic nitrogens is 4. The summed E-state index contributed by atoms with van der Waals surface area (Å²) in [5, 5.41) is 6.82.